The van der Waals surface area contributed by atoms with Crippen LogP contribution in [0.4, 0.5) is 5.69 Å². The van der Waals surface area contributed by atoms with Gasteiger partial charge in [0.2, 0.25) is 0 Å². The molecule has 2 aromatic rings. The van der Waals surface area contributed by atoms with Crippen molar-refractivity contribution in [3.8, 4) is 11.1 Å². The predicted octanol–water partition coefficient (Wildman–Crippen LogP) is 8.81. The smallest absolute Gasteiger partial charge is 0.147 e. The van der Waals surface area contributed by atoms with Crippen LogP contribution in [0.15, 0.2) is 55.1 Å². The summed E-state index contributed by atoms with van der Waals surface area (Å²) in [5.74, 6) is 0. The number of benzene rings is 2. The molecule has 0 aliphatic carbocycles. The van der Waals surface area contributed by atoms with Gasteiger partial charge in [-0.05, 0) is 27.3 Å². The third kappa shape index (κ3) is 4.46. The normalized spacial score (nSPS) is 13.3. The van der Waals surface area contributed by atoms with Crippen LogP contribution in [0, 0.1) is 0 Å². The van der Waals surface area contributed by atoms with Crippen LogP contribution < -0.4 is 4.23 Å². The van der Waals surface area contributed by atoms with Gasteiger partial charge in [0, 0.05) is 11.3 Å². The molecule has 29 heavy (non-hydrogen) atoms. The molecule has 2 aromatic carbocycles. The summed E-state index contributed by atoms with van der Waals surface area (Å²) in [6, 6.07) is 17.9. The minimum Gasteiger partial charge on any atom is -0.423 e. The molecule has 2 rings (SSSR count). The van der Waals surface area contributed by atoms with E-state index in [-0.39, 0.29) is 10.1 Å². The molecule has 0 radical (unpaired) electrons. The third-order valence-corrected chi connectivity index (χ3v) is 20.8. The highest BCUT2D eigenvalue weighted by Crippen LogP contribution is 2.50. The first kappa shape index (κ1) is 23.7. The Balaban J connectivity index is 2.81. The zero-order valence-electron chi connectivity index (χ0n) is 20.4. The lowest BCUT2D eigenvalue weighted by Crippen LogP contribution is -2.69. The van der Waals surface area contributed by atoms with Gasteiger partial charge in [0.15, 0.2) is 0 Å². The zero-order valence-corrected chi connectivity index (χ0v) is 22.4. The Bertz CT molecular complexity index is 824. The summed E-state index contributed by atoms with van der Waals surface area (Å²) in [5.41, 5.74) is 5.21. The van der Waals surface area contributed by atoms with Crippen molar-refractivity contribution >= 4 is 28.2 Å². The lowest BCUT2D eigenvalue weighted by molar-refractivity contribution is 0.695. The Labute approximate surface area is 182 Å². The molecule has 0 aliphatic rings. The van der Waals surface area contributed by atoms with E-state index in [0.717, 1.165) is 5.56 Å². The SMILES string of the molecule is C=Cc1ccc(-c2ccccc2N([Si](C)(C)C(C)(C)C)[Si](C)(C)C(C)(C)C)cc1. The van der Waals surface area contributed by atoms with E-state index in [2.05, 4.69) is 127 Å². The lowest BCUT2D eigenvalue weighted by Gasteiger charge is -2.58. The number of hydrogen-bond acceptors (Lipinski definition) is 1. The Hall–Kier alpha value is -1.59. The van der Waals surface area contributed by atoms with Crippen LogP contribution in [0.25, 0.3) is 17.2 Å². The first-order valence-corrected chi connectivity index (χ1v) is 16.7. The molecule has 3 heteroatoms. The molecule has 0 aliphatic heterocycles. The second kappa shape index (κ2) is 7.92. The van der Waals surface area contributed by atoms with Crippen molar-refractivity contribution in [3.05, 3.63) is 60.7 Å². The maximum absolute atomic E-state index is 3.90. The van der Waals surface area contributed by atoms with Crippen LogP contribution in [0.1, 0.15) is 47.1 Å². The monoisotopic (exact) mass is 423 g/mol. The molecule has 0 aromatic heterocycles. The standard InChI is InChI=1S/C26H41NSi2/c1-12-21-17-19-22(20-18-21)23-15-13-14-16-24(23)27(28(8,9)25(2,3)4)29(10,11)26(5,6)7/h12-20H,1H2,2-11H3. The summed E-state index contributed by atoms with van der Waals surface area (Å²) < 4.78 is 2.96. The molecule has 0 saturated carbocycles. The number of rotatable bonds is 5. The van der Waals surface area contributed by atoms with Gasteiger partial charge < -0.3 is 4.23 Å². The van der Waals surface area contributed by atoms with Gasteiger partial charge >= 0.3 is 0 Å². The lowest BCUT2D eigenvalue weighted by atomic mass is 10.0. The van der Waals surface area contributed by atoms with E-state index in [1.807, 2.05) is 6.08 Å². The average Bonchev–Trinajstić information content (AvgIpc) is 2.60. The van der Waals surface area contributed by atoms with E-state index in [0.29, 0.717) is 0 Å². The second-order valence-corrected chi connectivity index (χ2v) is 21.9. The Kier molecular flexibility index (Phi) is 6.47. The number of nitrogens with zero attached hydrogens (tertiary/aromatic N) is 1. The topological polar surface area (TPSA) is 3.24 Å². The van der Waals surface area contributed by atoms with Gasteiger partial charge in [-0.3, -0.25) is 0 Å². The summed E-state index contributed by atoms with van der Waals surface area (Å²) in [7, 11) is -3.65. The van der Waals surface area contributed by atoms with E-state index < -0.39 is 16.5 Å². The molecule has 0 fully saturated rings. The van der Waals surface area contributed by atoms with Crippen molar-refractivity contribution in [1.82, 2.24) is 0 Å². The molecule has 158 valence electrons. The van der Waals surface area contributed by atoms with Gasteiger partial charge in [-0.15, -0.1) is 0 Å². The summed E-state index contributed by atoms with van der Waals surface area (Å²) in [6.07, 6.45) is 1.91. The Morgan fingerprint density at radius 3 is 1.59 bits per heavy atom. The number of hydrogen-bond donors (Lipinski definition) is 0. The van der Waals surface area contributed by atoms with Gasteiger partial charge in [0.05, 0.1) is 0 Å². The van der Waals surface area contributed by atoms with Crippen molar-refractivity contribution in [2.75, 3.05) is 4.23 Å². The first-order valence-electron chi connectivity index (χ1n) is 10.8. The minimum absolute atomic E-state index is 0.266. The van der Waals surface area contributed by atoms with Crippen LogP contribution >= 0.6 is 0 Å². The second-order valence-electron chi connectivity index (χ2n) is 11.3. The molecule has 0 atom stereocenters. The summed E-state index contributed by atoms with van der Waals surface area (Å²) in [5, 5.41) is 0.532. The molecule has 0 spiro atoms. The molecule has 1 nitrogen and oxygen atoms in total. The first-order chi connectivity index (χ1) is 13.1. The van der Waals surface area contributed by atoms with Crippen molar-refractivity contribution in [2.45, 2.75) is 77.8 Å². The predicted molar refractivity (Wildman–Crippen MR) is 139 cm³/mol. The van der Waals surface area contributed by atoms with Crippen LogP contribution in [0.2, 0.25) is 36.3 Å². The molecule has 0 unspecified atom stereocenters. The Morgan fingerprint density at radius 1 is 0.724 bits per heavy atom. The summed E-state index contributed by atoms with van der Waals surface area (Å²) >= 11 is 0. The third-order valence-electron chi connectivity index (χ3n) is 7.39. The van der Waals surface area contributed by atoms with E-state index in [4.69, 9.17) is 0 Å². The molecule has 0 saturated heterocycles. The number of anilines is 1. The highest BCUT2D eigenvalue weighted by atomic mass is 28.4. The highest BCUT2D eigenvalue weighted by Gasteiger charge is 2.52. The Morgan fingerprint density at radius 2 is 1.17 bits per heavy atom. The van der Waals surface area contributed by atoms with E-state index in [9.17, 15) is 0 Å². The van der Waals surface area contributed by atoms with Gasteiger partial charge in [-0.25, -0.2) is 0 Å². The molecule has 0 N–H and O–H groups in total. The van der Waals surface area contributed by atoms with Crippen LogP contribution in [-0.4, -0.2) is 16.5 Å². The molecule has 0 bridgehead atoms. The fourth-order valence-corrected chi connectivity index (χ4v) is 14.2. The van der Waals surface area contributed by atoms with Crippen molar-refractivity contribution in [3.63, 3.8) is 0 Å². The zero-order chi connectivity index (χ0) is 22.3. The summed E-state index contributed by atoms with van der Waals surface area (Å²) in [6.45, 7) is 28.7. The van der Waals surface area contributed by atoms with Crippen LogP contribution in [0.3, 0.4) is 0 Å². The quantitative estimate of drug-likeness (QED) is 0.434. The van der Waals surface area contributed by atoms with Crippen molar-refractivity contribution in [1.29, 1.82) is 0 Å². The maximum Gasteiger partial charge on any atom is 0.147 e. The van der Waals surface area contributed by atoms with Crippen molar-refractivity contribution in [2.24, 2.45) is 0 Å². The van der Waals surface area contributed by atoms with Gasteiger partial charge in [-0.1, -0.05) is 123 Å². The van der Waals surface area contributed by atoms with E-state index >= 15 is 0 Å². The summed E-state index contributed by atoms with van der Waals surface area (Å²) in [4.78, 5) is 0. The fourth-order valence-electron chi connectivity index (χ4n) is 3.68. The molecular weight excluding hydrogens is 382 g/mol. The van der Waals surface area contributed by atoms with Gasteiger partial charge in [0.25, 0.3) is 0 Å². The van der Waals surface area contributed by atoms with E-state index in [1.165, 1.54) is 16.8 Å². The van der Waals surface area contributed by atoms with E-state index in [1.54, 1.807) is 0 Å². The van der Waals surface area contributed by atoms with Gasteiger partial charge in [-0.2, -0.15) is 0 Å². The molecule has 0 amide bonds. The van der Waals surface area contributed by atoms with Crippen LogP contribution in [0.5, 0.6) is 0 Å². The van der Waals surface area contributed by atoms with Gasteiger partial charge in [0.1, 0.15) is 16.5 Å². The number of para-hydroxylation sites is 1. The van der Waals surface area contributed by atoms with Crippen molar-refractivity contribution < 1.29 is 0 Å². The minimum atomic E-state index is -1.82. The maximum atomic E-state index is 3.90. The molecular formula is C26H41NSi2. The highest BCUT2D eigenvalue weighted by molar-refractivity contribution is 7.02. The largest absolute Gasteiger partial charge is 0.423 e. The fraction of sp³-hybridized carbons (Fsp3) is 0.462. The molecule has 0 heterocycles. The van der Waals surface area contributed by atoms with Crippen LogP contribution in [-0.2, 0) is 0 Å². The average molecular weight is 424 g/mol.